The third-order valence-electron chi connectivity index (χ3n) is 8.93. The van der Waals surface area contributed by atoms with Crippen LogP contribution in [-0.4, -0.2) is 55.2 Å². The highest BCUT2D eigenvalue weighted by atomic mass is 19.4. The SMILES string of the molecule is Cc1c(C(=O)N(c2ccc(O)cc2)c2cnn(C)c2)cc(-c2cc3c(cc2C(=O)N2Cc4ccccc4C[C@H]2C(F)(F)F)OCO3)n1C. The summed E-state index contributed by atoms with van der Waals surface area (Å²) in [5.41, 5.74) is 3.62. The molecular formula is C35H30F3N5O5. The molecule has 0 aliphatic carbocycles. The Balaban J connectivity index is 1.34. The maximum atomic E-state index is 14.5. The molecule has 10 nitrogen and oxygen atoms in total. The van der Waals surface area contributed by atoms with Crippen molar-refractivity contribution in [3.63, 3.8) is 0 Å². The number of phenols is 1. The number of anilines is 2. The normalized spacial score (nSPS) is 15.4. The zero-order chi connectivity index (χ0) is 33.9. The molecule has 0 spiro atoms. The van der Waals surface area contributed by atoms with Crippen LogP contribution < -0.4 is 14.4 Å². The number of rotatable bonds is 5. The van der Waals surface area contributed by atoms with Crippen LogP contribution in [0.1, 0.15) is 37.5 Å². The fraction of sp³-hybridized carbons (Fsp3) is 0.229. The van der Waals surface area contributed by atoms with Crippen LogP contribution in [0.15, 0.2) is 79.1 Å². The molecule has 2 amide bonds. The number of nitrogens with zero attached hydrogens (tertiary/aromatic N) is 5. The standard InChI is InChI=1S/C35H30F3N5O5/c1-20-26(34(46)43(24-16-39-40(2)18-24)23-8-10-25(44)11-9-23)13-29(41(20)3)27-14-30-31(48-19-47-30)15-28(27)33(45)42-17-22-7-5-4-6-21(22)12-32(42)35(36,37)38/h4-11,13-16,18,32,44H,12,17,19H2,1-3H3/t32-/m0/s1. The largest absolute Gasteiger partial charge is 0.508 e. The van der Waals surface area contributed by atoms with Crippen LogP contribution in [0.25, 0.3) is 11.3 Å². The molecule has 4 heterocycles. The van der Waals surface area contributed by atoms with Crippen LogP contribution in [0.2, 0.25) is 0 Å². The molecule has 48 heavy (non-hydrogen) atoms. The molecule has 0 saturated carbocycles. The number of alkyl halides is 3. The Morgan fingerprint density at radius 1 is 0.938 bits per heavy atom. The Morgan fingerprint density at radius 3 is 2.29 bits per heavy atom. The number of carbonyl (C=O) groups is 2. The van der Waals surface area contributed by atoms with Crippen molar-refractivity contribution in [1.82, 2.24) is 19.2 Å². The Morgan fingerprint density at radius 2 is 1.62 bits per heavy atom. The molecule has 5 aromatic rings. The number of amides is 2. The smallest absolute Gasteiger partial charge is 0.409 e. The second-order valence-electron chi connectivity index (χ2n) is 11.8. The lowest BCUT2D eigenvalue weighted by Crippen LogP contribution is -2.52. The van der Waals surface area contributed by atoms with E-state index in [1.807, 2.05) is 0 Å². The minimum Gasteiger partial charge on any atom is -0.508 e. The predicted molar refractivity (Wildman–Crippen MR) is 169 cm³/mol. The van der Waals surface area contributed by atoms with Crippen molar-refractivity contribution >= 4 is 23.2 Å². The number of hydrogen-bond donors (Lipinski definition) is 1. The summed E-state index contributed by atoms with van der Waals surface area (Å²) < 4.78 is 57.9. The van der Waals surface area contributed by atoms with Gasteiger partial charge in [0.1, 0.15) is 11.8 Å². The van der Waals surface area contributed by atoms with Gasteiger partial charge in [0.25, 0.3) is 11.8 Å². The Labute approximate surface area is 273 Å². The molecule has 2 aromatic heterocycles. The topological polar surface area (TPSA) is 102 Å². The Bertz CT molecular complexity index is 2070. The van der Waals surface area contributed by atoms with Gasteiger partial charge in [-0.2, -0.15) is 18.3 Å². The molecule has 0 saturated heterocycles. The fourth-order valence-electron chi connectivity index (χ4n) is 6.32. The number of ether oxygens (including phenoxy) is 2. The zero-order valence-electron chi connectivity index (χ0n) is 26.2. The summed E-state index contributed by atoms with van der Waals surface area (Å²) in [6.45, 7) is 1.40. The van der Waals surface area contributed by atoms with E-state index in [9.17, 15) is 27.9 Å². The molecule has 7 rings (SSSR count). The molecule has 2 aliphatic heterocycles. The van der Waals surface area contributed by atoms with Crippen LogP contribution in [0.5, 0.6) is 17.2 Å². The monoisotopic (exact) mass is 657 g/mol. The summed E-state index contributed by atoms with van der Waals surface area (Å²) in [4.78, 5) is 31.0. The fourth-order valence-corrected chi connectivity index (χ4v) is 6.32. The molecule has 13 heteroatoms. The highest BCUT2D eigenvalue weighted by Crippen LogP contribution is 2.42. The second kappa shape index (κ2) is 11.5. The molecular weight excluding hydrogens is 627 g/mol. The zero-order valence-corrected chi connectivity index (χ0v) is 26.2. The third kappa shape index (κ3) is 5.30. The second-order valence-corrected chi connectivity index (χ2v) is 11.8. The Hall–Kier alpha value is -5.72. The van der Waals surface area contributed by atoms with Crippen molar-refractivity contribution in [3.8, 4) is 28.5 Å². The van der Waals surface area contributed by atoms with E-state index in [2.05, 4.69) is 5.10 Å². The maximum Gasteiger partial charge on any atom is 0.409 e. The van der Waals surface area contributed by atoms with Crippen LogP contribution in [0, 0.1) is 6.92 Å². The average molecular weight is 658 g/mol. The van der Waals surface area contributed by atoms with Crippen molar-refractivity contribution in [2.45, 2.75) is 32.1 Å². The van der Waals surface area contributed by atoms with Crippen molar-refractivity contribution in [2.24, 2.45) is 14.1 Å². The van der Waals surface area contributed by atoms with Crippen LogP contribution in [-0.2, 0) is 27.1 Å². The van der Waals surface area contributed by atoms with Crippen LogP contribution in [0.3, 0.4) is 0 Å². The molecule has 2 aliphatic rings. The lowest BCUT2D eigenvalue weighted by molar-refractivity contribution is -0.179. The number of aromatic hydroxyl groups is 1. The summed E-state index contributed by atoms with van der Waals surface area (Å²) in [5, 5.41) is 14.1. The van der Waals surface area contributed by atoms with E-state index in [1.54, 1.807) is 85.0 Å². The number of phenolic OH excluding ortho intramolecular Hbond substituents is 1. The number of carbonyl (C=O) groups excluding carboxylic acids is 2. The van der Waals surface area contributed by atoms with Crippen LogP contribution >= 0.6 is 0 Å². The van der Waals surface area contributed by atoms with Gasteiger partial charge in [0.15, 0.2) is 11.5 Å². The molecule has 0 unspecified atom stereocenters. The molecule has 0 bridgehead atoms. The highest BCUT2D eigenvalue weighted by Gasteiger charge is 2.48. The van der Waals surface area contributed by atoms with Gasteiger partial charge < -0.3 is 24.0 Å². The highest BCUT2D eigenvalue weighted by molar-refractivity contribution is 6.12. The van der Waals surface area contributed by atoms with Gasteiger partial charge in [0.05, 0.1) is 23.0 Å². The van der Waals surface area contributed by atoms with Gasteiger partial charge in [0, 0.05) is 55.9 Å². The van der Waals surface area contributed by atoms with Crippen molar-refractivity contribution in [3.05, 3.63) is 107 Å². The first-order chi connectivity index (χ1) is 22.9. The third-order valence-corrected chi connectivity index (χ3v) is 8.93. The van der Waals surface area contributed by atoms with E-state index in [1.165, 1.54) is 29.3 Å². The van der Waals surface area contributed by atoms with E-state index < -0.39 is 24.0 Å². The van der Waals surface area contributed by atoms with E-state index >= 15 is 0 Å². The number of halogens is 3. The number of fused-ring (bicyclic) bond motifs is 2. The number of benzene rings is 3. The van der Waals surface area contributed by atoms with E-state index in [0.29, 0.717) is 39.6 Å². The first kappa shape index (κ1) is 30.9. The van der Waals surface area contributed by atoms with Gasteiger partial charge in [-0.25, -0.2) is 0 Å². The van der Waals surface area contributed by atoms with Crippen molar-refractivity contribution in [1.29, 1.82) is 0 Å². The molecule has 0 radical (unpaired) electrons. The van der Waals surface area contributed by atoms with Crippen molar-refractivity contribution < 1.29 is 37.3 Å². The van der Waals surface area contributed by atoms with Gasteiger partial charge in [-0.05, 0) is 60.5 Å². The number of aryl methyl sites for hydroxylation is 1. The molecule has 1 N–H and O–H groups in total. The summed E-state index contributed by atoms with van der Waals surface area (Å²) in [7, 11) is 3.43. The lowest BCUT2D eigenvalue weighted by Gasteiger charge is -2.38. The number of aromatic nitrogens is 3. The summed E-state index contributed by atoms with van der Waals surface area (Å²) in [5.74, 6) is -0.661. The summed E-state index contributed by atoms with van der Waals surface area (Å²) in [6, 6.07) is 15.5. The minimum absolute atomic E-state index is 0.0184. The average Bonchev–Trinajstić information content (AvgIpc) is 3.78. The lowest BCUT2D eigenvalue weighted by atomic mass is 9.92. The van der Waals surface area contributed by atoms with Crippen molar-refractivity contribution in [2.75, 3.05) is 11.7 Å². The summed E-state index contributed by atoms with van der Waals surface area (Å²) >= 11 is 0. The Kier molecular flexibility index (Phi) is 7.41. The minimum atomic E-state index is -4.68. The molecule has 0 fully saturated rings. The molecule has 246 valence electrons. The van der Waals surface area contributed by atoms with Gasteiger partial charge in [-0.1, -0.05) is 24.3 Å². The van der Waals surface area contributed by atoms with Crippen LogP contribution in [0.4, 0.5) is 24.5 Å². The van der Waals surface area contributed by atoms with E-state index in [0.717, 1.165) is 4.90 Å². The van der Waals surface area contributed by atoms with Gasteiger partial charge >= 0.3 is 6.18 Å². The van der Waals surface area contributed by atoms with Gasteiger partial charge in [0.2, 0.25) is 6.79 Å². The predicted octanol–water partition coefficient (Wildman–Crippen LogP) is 6.28. The molecule has 1 atom stereocenters. The first-order valence-electron chi connectivity index (χ1n) is 15.1. The maximum absolute atomic E-state index is 14.5. The quantitative estimate of drug-likeness (QED) is 0.239. The van der Waals surface area contributed by atoms with E-state index in [4.69, 9.17) is 9.47 Å². The number of hydrogen-bond acceptors (Lipinski definition) is 6. The first-order valence-corrected chi connectivity index (χ1v) is 15.1. The van der Waals surface area contributed by atoms with Gasteiger partial charge in [-0.15, -0.1) is 0 Å². The van der Waals surface area contributed by atoms with Gasteiger partial charge in [-0.3, -0.25) is 19.2 Å². The summed E-state index contributed by atoms with van der Waals surface area (Å²) in [6.07, 6.45) is -1.84. The van der Waals surface area contributed by atoms with E-state index in [-0.39, 0.29) is 47.9 Å². The molecule has 3 aromatic carbocycles.